The second-order valence-electron chi connectivity index (χ2n) is 5.90. The highest BCUT2D eigenvalue weighted by molar-refractivity contribution is 14.1. The highest BCUT2D eigenvalue weighted by Gasteiger charge is 2.26. The van der Waals surface area contributed by atoms with Gasteiger partial charge in [-0.1, -0.05) is 24.3 Å². The summed E-state index contributed by atoms with van der Waals surface area (Å²) in [5, 5.41) is 11.3. The van der Waals surface area contributed by atoms with Crippen LogP contribution in [-0.4, -0.2) is 16.1 Å². The van der Waals surface area contributed by atoms with Crippen LogP contribution in [0.25, 0.3) is 10.9 Å². The molecule has 1 heterocycles. The molecule has 5 heteroatoms. The minimum Gasteiger partial charge on any atom is -0.326 e. The number of anilines is 1. The zero-order chi connectivity index (χ0) is 15.8. The summed E-state index contributed by atoms with van der Waals surface area (Å²) < 4.78 is 0.983. The van der Waals surface area contributed by atoms with Gasteiger partial charge in [0, 0.05) is 11.1 Å². The highest BCUT2D eigenvalue weighted by Crippen LogP contribution is 2.32. The first-order chi connectivity index (χ1) is 11.2. The third-order valence-corrected chi connectivity index (χ3v) is 5.28. The van der Waals surface area contributed by atoms with E-state index in [4.69, 9.17) is 0 Å². The van der Waals surface area contributed by atoms with Gasteiger partial charge in [0.15, 0.2) is 0 Å². The fourth-order valence-electron chi connectivity index (χ4n) is 3.31. The van der Waals surface area contributed by atoms with Crippen molar-refractivity contribution in [3.8, 4) is 0 Å². The number of aryl methyl sites for hydroxylation is 1. The van der Waals surface area contributed by atoms with Crippen molar-refractivity contribution in [3.63, 3.8) is 0 Å². The Morgan fingerprint density at radius 2 is 2.13 bits per heavy atom. The summed E-state index contributed by atoms with van der Waals surface area (Å²) in [6, 6.07) is 14.1. The summed E-state index contributed by atoms with van der Waals surface area (Å²) in [5.41, 5.74) is 4.22. The number of aromatic nitrogens is 2. The number of aromatic amines is 1. The Bertz CT molecular complexity index is 887. The molecular weight excluding hydrogens is 401 g/mol. The number of halogens is 1. The zero-order valence-corrected chi connectivity index (χ0v) is 14.6. The van der Waals surface area contributed by atoms with Crippen LogP contribution >= 0.6 is 22.6 Å². The number of fused-ring (bicyclic) bond motifs is 2. The normalized spacial score (nSPS) is 17.0. The Kier molecular flexibility index (Phi) is 3.80. The third-order valence-electron chi connectivity index (χ3n) is 4.46. The number of nitrogens with one attached hydrogen (secondary N) is 2. The molecule has 1 aliphatic rings. The molecule has 2 aromatic carbocycles. The number of H-pyrrole nitrogens is 1. The molecule has 0 fully saturated rings. The van der Waals surface area contributed by atoms with Crippen LogP contribution in [0.15, 0.2) is 42.5 Å². The maximum atomic E-state index is 12.8. The van der Waals surface area contributed by atoms with E-state index in [0.717, 1.165) is 39.6 Å². The van der Waals surface area contributed by atoms with Crippen molar-refractivity contribution in [1.29, 1.82) is 0 Å². The van der Waals surface area contributed by atoms with Gasteiger partial charge in [-0.3, -0.25) is 9.89 Å². The fraction of sp³-hybridized carbons (Fsp3) is 0.222. The van der Waals surface area contributed by atoms with Gasteiger partial charge in [-0.05, 0) is 71.2 Å². The van der Waals surface area contributed by atoms with Crippen molar-refractivity contribution < 1.29 is 4.79 Å². The molecule has 4 nitrogen and oxygen atoms in total. The Morgan fingerprint density at radius 3 is 3.04 bits per heavy atom. The van der Waals surface area contributed by atoms with E-state index in [1.54, 1.807) is 0 Å². The average molecular weight is 417 g/mol. The molecule has 4 rings (SSSR count). The van der Waals surface area contributed by atoms with Crippen molar-refractivity contribution >= 4 is 45.1 Å². The predicted molar refractivity (Wildman–Crippen MR) is 99.6 cm³/mol. The molecule has 1 atom stereocenters. The van der Waals surface area contributed by atoms with Crippen molar-refractivity contribution in [1.82, 2.24) is 10.2 Å². The summed E-state index contributed by atoms with van der Waals surface area (Å²) >= 11 is 2.22. The lowest BCUT2D eigenvalue weighted by atomic mass is 9.82. The number of hydrogen-bond donors (Lipinski definition) is 2. The lowest BCUT2D eigenvalue weighted by Crippen LogP contribution is -2.24. The molecule has 0 saturated carbocycles. The monoisotopic (exact) mass is 417 g/mol. The van der Waals surface area contributed by atoms with Gasteiger partial charge in [0.05, 0.1) is 11.4 Å². The van der Waals surface area contributed by atoms with Gasteiger partial charge in [-0.2, -0.15) is 5.10 Å². The first-order valence-corrected chi connectivity index (χ1v) is 8.82. The van der Waals surface area contributed by atoms with Gasteiger partial charge in [0.2, 0.25) is 5.91 Å². The van der Waals surface area contributed by atoms with Crippen LogP contribution in [0.5, 0.6) is 0 Å². The molecule has 116 valence electrons. The number of nitrogens with zero attached hydrogens (tertiary/aromatic N) is 1. The van der Waals surface area contributed by atoms with Crippen LogP contribution in [0.1, 0.15) is 29.9 Å². The van der Waals surface area contributed by atoms with E-state index in [0.29, 0.717) is 0 Å². The predicted octanol–water partition coefficient (Wildman–Crippen LogP) is 4.23. The first kappa shape index (κ1) is 14.7. The molecule has 0 aliphatic heterocycles. The molecule has 23 heavy (non-hydrogen) atoms. The average Bonchev–Trinajstić information content (AvgIpc) is 2.95. The van der Waals surface area contributed by atoms with Gasteiger partial charge in [0.25, 0.3) is 0 Å². The molecule has 0 bridgehead atoms. The van der Waals surface area contributed by atoms with Crippen molar-refractivity contribution in [2.75, 3.05) is 5.32 Å². The molecular formula is C18H16IN3O. The molecule has 1 aromatic heterocycles. The SMILES string of the molecule is O=C(Nc1ccc2n[nH]c(I)c2c1)C1CCCc2ccccc21. The minimum absolute atomic E-state index is 0.0564. The number of rotatable bonds is 2. The van der Waals surface area contributed by atoms with Gasteiger partial charge >= 0.3 is 0 Å². The number of benzene rings is 2. The van der Waals surface area contributed by atoms with E-state index in [9.17, 15) is 4.79 Å². The second kappa shape index (κ2) is 5.96. The van der Waals surface area contributed by atoms with Gasteiger partial charge < -0.3 is 5.32 Å². The summed E-state index contributed by atoms with van der Waals surface area (Å²) in [6.07, 6.45) is 3.04. The quantitative estimate of drug-likeness (QED) is 0.614. The largest absolute Gasteiger partial charge is 0.326 e. The summed E-state index contributed by atoms with van der Waals surface area (Å²) in [7, 11) is 0. The highest BCUT2D eigenvalue weighted by atomic mass is 127. The molecule has 2 N–H and O–H groups in total. The molecule has 1 aliphatic carbocycles. The molecule has 1 unspecified atom stereocenters. The second-order valence-corrected chi connectivity index (χ2v) is 6.98. The van der Waals surface area contributed by atoms with Gasteiger partial charge in [-0.25, -0.2) is 0 Å². The van der Waals surface area contributed by atoms with Gasteiger partial charge in [0.1, 0.15) is 3.70 Å². The summed E-state index contributed by atoms with van der Waals surface area (Å²) in [4.78, 5) is 12.8. The van der Waals surface area contributed by atoms with E-state index in [1.165, 1.54) is 11.1 Å². The van der Waals surface area contributed by atoms with E-state index in [1.807, 2.05) is 30.3 Å². The van der Waals surface area contributed by atoms with Crippen LogP contribution in [0, 0.1) is 3.70 Å². The van der Waals surface area contributed by atoms with Crippen molar-refractivity contribution in [3.05, 3.63) is 57.3 Å². The Hall–Kier alpha value is -1.89. The topological polar surface area (TPSA) is 57.8 Å². The number of hydrogen-bond acceptors (Lipinski definition) is 2. The third kappa shape index (κ3) is 2.73. The smallest absolute Gasteiger partial charge is 0.231 e. The molecule has 0 radical (unpaired) electrons. The number of amides is 1. The molecule has 3 aromatic rings. The maximum Gasteiger partial charge on any atom is 0.231 e. The standard InChI is InChI=1S/C18H16IN3O/c19-17-15-10-12(8-9-16(15)21-22-17)20-18(23)14-7-3-5-11-4-1-2-6-13(11)14/h1-2,4,6,8-10,14H,3,5,7H2,(H,20,23)(H,21,22). The Balaban J connectivity index is 1.61. The number of carbonyl (C=O) groups is 1. The van der Waals surface area contributed by atoms with Gasteiger partial charge in [-0.15, -0.1) is 0 Å². The Morgan fingerprint density at radius 1 is 1.26 bits per heavy atom. The van der Waals surface area contributed by atoms with E-state index in [2.05, 4.69) is 50.2 Å². The first-order valence-electron chi connectivity index (χ1n) is 7.74. The Labute approximate surface area is 147 Å². The van der Waals surface area contributed by atoms with Crippen molar-refractivity contribution in [2.45, 2.75) is 25.2 Å². The maximum absolute atomic E-state index is 12.8. The lowest BCUT2D eigenvalue weighted by Gasteiger charge is -2.24. The van der Waals surface area contributed by atoms with Crippen LogP contribution in [-0.2, 0) is 11.2 Å². The molecule has 0 spiro atoms. The van der Waals surface area contributed by atoms with Crippen LogP contribution in [0.3, 0.4) is 0 Å². The van der Waals surface area contributed by atoms with Crippen LogP contribution in [0.2, 0.25) is 0 Å². The van der Waals surface area contributed by atoms with E-state index < -0.39 is 0 Å². The van der Waals surface area contributed by atoms with E-state index in [-0.39, 0.29) is 11.8 Å². The summed E-state index contributed by atoms with van der Waals surface area (Å²) in [5.74, 6) is 0.0223. The van der Waals surface area contributed by atoms with Crippen molar-refractivity contribution in [2.24, 2.45) is 0 Å². The minimum atomic E-state index is -0.0564. The lowest BCUT2D eigenvalue weighted by molar-refractivity contribution is -0.117. The van der Waals surface area contributed by atoms with Crippen LogP contribution < -0.4 is 5.32 Å². The molecule has 0 saturated heterocycles. The summed E-state index contributed by atoms with van der Waals surface area (Å²) in [6.45, 7) is 0. The number of carbonyl (C=O) groups excluding carboxylic acids is 1. The molecule has 1 amide bonds. The fourth-order valence-corrected chi connectivity index (χ4v) is 3.86. The van der Waals surface area contributed by atoms with Crippen LogP contribution in [0.4, 0.5) is 5.69 Å². The zero-order valence-electron chi connectivity index (χ0n) is 12.5. The van der Waals surface area contributed by atoms with E-state index >= 15 is 0 Å².